The number of aliphatic hydroxyl groups excluding tert-OH is 1. The van der Waals surface area contributed by atoms with Crippen LogP contribution in [0, 0.1) is 5.92 Å². The highest BCUT2D eigenvalue weighted by Gasteiger charge is 2.29. The summed E-state index contributed by atoms with van der Waals surface area (Å²) in [5.74, 6) is -0.958. The Bertz CT molecular complexity index is 200. The first-order chi connectivity index (χ1) is 6.75. The lowest BCUT2D eigenvalue weighted by Gasteiger charge is -2.20. The van der Waals surface area contributed by atoms with Crippen LogP contribution in [0.4, 0.5) is 0 Å². The average molecular weight is 220 g/mol. The molecule has 0 aromatic carbocycles. The molecule has 0 aliphatic rings. The lowest BCUT2D eigenvalue weighted by molar-refractivity contribution is -0.351. The second-order valence-electron chi connectivity index (χ2n) is 4.37. The minimum Gasteiger partial charge on any atom is -0.479 e. The van der Waals surface area contributed by atoms with Crippen LogP contribution in [0.1, 0.15) is 34.1 Å². The maximum atomic E-state index is 10.6. The van der Waals surface area contributed by atoms with Crippen molar-refractivity contribution in [3.63, 3.8) is 0 Å². The number of carboxylic acid groups (broad SMARTS) is 1. The zero-order valence-electron chi connectivity index (χ0n) is 9.69. The van der Waals surface area contributed by atoms with Gasteiger partial charge in [0.1, 0.15) is 0 Å². The van der Waals surface area contributed by atoms with Gasteiger partial charge in [-0.15, -0.1) is 0 Å². The van der Waals surface area contributed by atoms with Crippen molar-refractivity contribution in [1.82, 2.24) is 0 Å². The van der Waals surface area contributed by atoms with Crippen molar-refractivity contribution >= 4 is 5.97 Å². The van der Waals surface area contributed by atoms with Gasteiger partial charge in [0, 0.05) is 0 Å². The largest absolute Gasteiger partial charge is 0.479 e. The topological polar surface area (TPSA) is 76.0 Å². The zero-order chi connectivity index (χ0) is 12.1. The van der Waals surface area contributed by atoms with Crippen molar-refractivity contribution in [2.75, 3.05) is 6.61 Å². The number of rotatable bonds is 7. The summed E-state index contributed by atoms with van der Waals surface area (Å²) in [6.07, 6.45) is 0.202. The molecule has 5 heteroatoms. The fourth-order valence-electron chi connectivity index (χ4n) is 0.983. The molecule has 5 nitrogen and oxygen atoms in total. The summed E-state index contributed by atoms with van der Waals surface area (Å²) in [6.45, 7) is 6.67. The van der Waals surface area contributed by atoms with Crippen LogP contribution in [0.15, 0.2) is 0 Å². The van der Waals surface area contributed by atoms with Crippen LogP contribution in [0.25, 0.3) is 0 Å². The molecule has 0 aliphatic heterocycles. The van der Waals surface area contributed by atoms with E-state index in [1.165, 1.54) is 13.8 Å². The first-order valence-electron chi connectivity index (χ1n) is 4.97. The maximum absolute atomic E-state index is 10.6. The number of carbonyl (C=O) groups is 1. The van der Waals surface area contributed by atoms with E-state index in [1.807, 2.05) is 6.92 Å². The van der Waals surface area contributed by atoms with Crippen molar-refractivity contribution < 1.29 is 24.8 Å². The number of aliphatic hydroxyl groups is 1. The Morgan fingerprint density at radius 3 is 2.33 bits per heavy atom. The molecule has 0 aliphatic carbocycles. The number of hydrogen-bond acceptors (Lipinski definition) is 4. The minimum absolute atomic E-state index is 0.120. The molecule has 0 amide bonds. The Morgan fingerprint density at radius 1 is 1.40 bits per heavy atom. The van der Waals surface area contributed by atoms with Crippen molar-refractivity contribution in [2.45, 2.75) is 45.8 Å². The fraction of sp³-hybridized carbons (Fsp3) is 0.900. The van der Waals surface area contributed by atoms with Crippen molar-refractivity contribution in [1.29, 1.82) is 0 Å². The maximum Gasteiger partial charge on any atom is 0.338 e. The van der Waals surface area contributed by atoms with Crippen LogP contribution in [0.5, 0.6) is 0 Å². The summed E-state index contributed by atoms with van der Waals surface area (Å²) < 4.78 is 0. The molecule has 0 aromatic heterocycles. The molecular weight excluding hydrogens is 200 g/mol. The van der Waals surface area contributed by atoms with E-state index in [2.05, 4.69) is 0 Å². The normalized spacial score (nSPS) is 16.1. The van der Waals surface area contributed by atoms with Crippen LogP contribution >= 0.6 is 0 Å². The molecule has 0 aromatic rings. The van der Waals surface area contributed by atoms with Crippen molar-refractivity contribution in [3.8, 4) is 0 Å². The molecule has 0 bridgehead atoms. The first kappa shape index (κ1) is 14.3. The van der Waals surface area contributed by atoms with Gasteiger partial charge in [0.05, 0.1) is 12.7 Å². The predicted molar refractivity (Wildman–Crippen MR) is 54.2 cm³/mol. The monoisotopic (exact) mass is 220 g/mol. The van der Waals surface area contributed by atoms with Gasteiger partial charge in [-0.05, 0) is 33.1 Å². The highest BCUT2D eigenvalue weighted by molar-refractivity contribution is 5.76. The molecule has 2 N–H and O–H groups in total. The van der Waals surface area contributed by atoms with Gasteiger partial charge in [-0.2, -0.15) is 0 Å². The van der Waals surface area contributed by atoms with Crippen molar-refractivity contribution in [3.05, 3.63) is 0 Å². The molecule has 0 radical (unpaired) electrons. The summed E-state index contributed by atoms with van der Waals surface area (Å²) >= 11 is 0. The third-order valence-electron chi connectivity index (χ3n) is 1.88. The lowest BCUT2D eigenvalue weighted by atomic mass is 10.1. The number of carboxylic acids is 1. The minimum atomic E-state index is -1.34. The second kappa shape index (κ2) is 6.05. The lowest BCUT2D eigenvalue weighted by Crippen LogP contribution is -2.35. The highest BCUT2D eigenvalue weighted by Crippen LogP contribution is 2.12. The molecular formula is C10H20O5. The van der Waals surface area contributed by atoms with Crippen LogP contribution in [-0.2, 0) is 14.6 Å². The van der Waals surface area contributed by atoms with Crippen LogP contribution in [0.3, 0.4) is 0 Å². The van der Waals surface area contributed by atoms with E-state index in [4.69, 9.17) is 20.0 Å². The van der Waals surface area contributed by atoms with Gasteiger partial charge in [-0.25, -0.2) is 14.6 Å². The highest BCUT2D eigenvalue weighted by atomic mass is 17.2. The predicted octanol–water partition coefficient (Wildman–Crippen LogP) is 1.20. The number of aliphatic carboxylic acids is 1. The van der Waals surface area contributed by atoms with Crippen LogP contribution in [0.2, 0.25) is 0 Å². The van der Waals surface area contributed by atoms with E-state index in [9.17, 15) is 4.79 Å². The molecule has 2 atom stereocenters. The van der Waals surface area contributed by atoms with Gasteiger partial charge in [0.25, 0.3) is 0 Å². The summed E-state index contributed by atoms with van der Waals surface area (Å²) in [5.41, 5.74) is -1.34. The molecule has 90 valence electrons. The third-order valence-corrected chi connectivity index (χ3v) is 1.88. The molecule has 0 rings (SSSR count). The Balaban J connectivity index is 3.74. The van der Waals surface area contributed by atoms with Crippen molar-refractivity contribution in [2.24, 2.45) is 5.92 Å². The first-order valence-corrected chi connectivity index (χ1v) is 4.97. The second-order valence-corrected chi connectivity index (χ2v) is 4.37. The quantitative estimate of drug-likeness (QED) is 0.498. The van der Waals surface area contributed by atoms with Crippen LogP contribution < -0.4 is 0 Å². The van der Waals surface area contributed by atoms with E-state index < -0.39 is 17.7 Å². The van der Waals surface area contributed by atoms with E-state index in [-0.39, 0.29) is 12.5 Å². The van der Waals surface area contributed by atoms with Gasteiger partial charge in [-0.3, -0.25) is 0 Å². The van der Waals surface area contributed by atoms with E-state index >= 15 is 0 Å². The molecule has 0 saturated heterocycles. The summed E-state index contributed by atoms with van der Waals surface area (Å²) in [7, 11) is 0. The van der Waals surface area contributed by atoms with Gasteiger partial charge < -0.3 is 10.2 Å². The van der Waals surface area contributed by atoms with Gasteiger partial charge in [-0.1, -0.05) is 6.92 Å². The fourth-order valence-corrected chi connectivity index (χ4v) is 0.983. The Hall–Kier alpha value is -0.650. The SMILES string of the molecule is CC(O)CC(C)COOC(C)(C)C(=O)O. The molecule has 0 saturated carbocycles. The van der Waals surface area contributed by atoms with Gasteiger partial charge in [0.2, 0.25) is 0 Å². The molecule has 0 spiro atoms. The Morgan fingerprint density at radius 2 is 1.93 bits per heavy atom. The van der Waals surface area contributed by atoms with E-state index in [1.54, 1.807) is 6.92 Å². The Labute approximate surface area is 89.9 Å². The van der Waals surface area contributed by atoms with E-state index in [0.29, 0.717) is 6.42 Å². The van der Waals surface area contributed by atoms with E-state index in [0.717, 1.165) is 0 Å². The summed E-state index contributed by atoms with van der Waals surface area (Å²) in [6, 6.07) is 0. The summed E-state index contributed by atoms with van der Waals surface area (Å²) in [4.78, 5) is 20.2. The third kappa shape index (κ3) is 6.43. The molecule has 2 unspecified atom stereocenters. The number of hydrogen-bond donors (Lipinski definition) is 2. The molecule has 15 heavy (non-hydrogen) atoms. The van der Waals surface area contributed by atoms with Gasteiger partial charge in [0.15, 0.2) is 5.60 Å². The summed E-state index contributed by atoms with van der Waals surface area (Å²) in [5, 5.41) is 17.8. The molecule has 0 heterocycles. The molecule has 0 fully saturated rings. The smallest absolute Gasteiger partial charge is 0.338 e. The standard InChI is InChI=1S/C10H20O5/c1-7(5-8(2)11)6-14-15-10(3,4)9(12)13/h7-8,11H,5-6H2,1-4H3,(H,12,13). The zero-order valence-corrected chi connectivity index (χ0v) is 9.69. The average Bonchev–Trinajstić information content (AvgIpc) is 2.01. The Kier molecular flexibility index (Phi) is 5.79. The van der Waals surface area contributed by atoms with Gasteiger partial charge >= 0.3 is 5.97 Å². The van der Waals surface area contributed by atoms with Crippen LogP contribution in [-0.4, -0.2) is 34.5 Å².